The van der Waals surface area contributed by atoms with Gasteiger partial charge in [-0.25, -0.2) is 0 Å². The summed E-state index contributed by atoms with van der Waals surface area (Å²) in [5.41, 5.74) is 0.730. The van der Waals surface area contributed by atoms with Crippen molar-refractivity contribution in [1.82, 2.24) is 4.90 Å². The molecule has 7 heteroatoms. The van der Waals surface area contributed by atoms with Gasteiger partial charge in [-0.15, -0.1) is 0 Å². The number of nitro groups is 1. The predicted molar refractivity (Wildman–Crippen MR) is 99.7 cm³/mol. The average molecular weight is 361 g/mol. The third-order valence-corrected chi connectivity index (χ3v) is 5.22. The maximum absolute atomic E-state index is 12.1. The van der Waals surface area contributed by atoms with Crippen LogP contribution in [0.2, 0.25) is 0 Å². The molecule has 2 fully saturated rings. The minimum Gasteiger partial charge on any atom is -0.493 e. The fraction of sp³-hybridized carbons (Fsp3) is 0.632. The molecule has 2 aliphatic rings. The van der Waals surface area contributed by atoms with Gasteiger partial charge >= 0.3 is 0 Å². The number of nitrogens with zero attached hydrogens (tertiary/aromatic N) is 3. The van der Waals surface area contributed by atoms with Crippen molar-refractivity contribution in [2.75, 3.05) is 31.1 Å². The minimum absolute atomic E-state index is 0.0890. The summed E-state index contributed by atoms with van der Waals surface area (Å²) < 4.78 is 5.53. The molecule has 1 amide bonds. The maximum atomic E-state index is 12.1. The van der Waals surface area contributed by atoms with Gasteiger partial charge < -0.3 is 14.5 Å². The molecule has 0 radical (unpaired) electrons. The maximum Gasteiger partial charge on any atom is 0.296 e. The fourth-order valence-corrected chi connectivity index (χ4v) is 3.86. The van der Waals surface area contributed by atoms with E-state index in [0.29, 0.717) is 24.5 Å². The van der Waals surface area contributed by atoms with Crippen LogP contribution >= 0.6 is 0 Å². The summed E-state index contributed by atoms with van der Waals surface area (Å²) in [5, 5.41) is 11.5. The lowest BCUT2D eigenvalue weighted by molar-refractivity contribution is -0.384. The molecule has 0 saturated carbocycles. The molecular formula is C19H27N3O4. The molecule has 0 unspecified atom stereocenters. The van der Waals surface area contributed by atoms with E-state index in [1.807, 2.05) is 11.8 Å². The summed E-state index contributed by atoms with van der Waals surface area (Å²) >= 11 is 0. The molecule has 0 atom stereocenters. The Kier molecular flexibility index (Phi) is 5.96. The van der Waals surface area contributed by atoms with E-state index in [1.165, 1.54) is 6.07 Å². The number of carbonyl (C=O) groups is 1. The Balaban J connectivity index is 1.68. The lowest BCUT2D eigenvalue weighted by Gasteiger charge is -2.40. The van der Waals surface area contributed by atoms with Gasteiger partial charge in [0.1, 0.15) is 11.4 Å². The molecule has 7 nitrogen and oxygen atoms in total. The Morgan fingerprint density at radius 1 is 1.23 bits per heavy atom. The SMILES string of the molecule is CCCOc1ccc(N2CCC(N3CCCCC3=O)CC2)c([N+](=O)[O-])c1. The molecule has 0 aliphatic carbocycles. The smallest absolute Gasteiger partial charge is 0.296 e. The largest absolute Gasteiger partial charge is 0.493 e. The first kappa shape index (κ1) is 18.5. The van der Waals surface area contributed by atoms with Crippen LogP contribution in [0.4, 0.5) is 11.4 Å². The lowest BCUT2D eigenvalue weighted by Crippen LogP contribution is -2.49. The number of hydrogen-bond donors (Lipinski definition) is 0. The topological polar surface area (TPSA) is 75.9 Å². The van der Waals surface area contributed by atoms with Crippen molar-refractivity contribution >= 4 is 17.3 Å². The molecule has 142 valence electrons. The van der Waals surface area contributed by atoms with Crippen LogP contribution in [0.25, 0.3) is 0 Å². The normalized spacial score (nSPS) is 18.9. The van der Waals surface area contributed by atoms with E-state index in [-0.39, 0.29) is 22.6 Å². The number of nitro benzene ring substituents is 1. The van der Waals surface area contributed by atoms with Crippen LogP contribution in [0.15, 0.2) is 18.2 Å². The summed E-state index contributed by atoms with van der Waals surface area (Å²) in [6.45, 7) is 4.85. The first-order valence-electron chi connectivity index (χ1n) is 9.55. The van der Waals surface area contributed by atoms with Crippen LogP contribution in [0, 0.1) is 10.1 Å². The Bertz CT molecular complexity index is 656. The highest BCUT2D eigenvalue weighted by molar-refractivity contribution is 5.77. The van der Waals surface area contributed by atoms with Gasteiger partial charge in [0.2, 0.25) is 5.91 Å². The highest BCUT2D eigenvalue weighted by Gasteiger charge is 2.31. The molecule has 0 bridgehead atoms. The van der Waals surface area contributed by atoms with E-state index in [1.54, 1.807) is 12.1 Å². The zero-order chi connectivity index (χ0) is 18.5. The van der Waals surface area contributed by atoms with E-state index in [4.69, 9.17) is 4.74 Å². The highest BCUT2D eigenvalue weighted by atomic mass is 16.6. The zero-order valence-corrected chi connectivity index (χ0v) is 15.4. The third kappa shape index (κ3) is 4.08. The predicted octanol–water partition coefficient (Wildman–Crippen LogP) is 3.36. The van der Waals surface area contributed by atoms with Gasteiger partial charge in [0.15, 0.2) is 0 Å². The fourth-order valence-electron chi connectivity index (χ4n) is 3.86. The quantitative estimate of drug-likeness (QED) is 0.573. The Hall–Kier alpha value is -2.31. The van der Waals surface area contributed by atoms with Crippen molar-refractivity contribution in [2.45, 2.75) is 51.5 Å². The van der Waals surface area contributed by atoms with Gasteiger partial charge in [0.05, 0.1) is 17.6 Å². The first-order chi connectivity index (χ1) is 12.6. The Labute approximate surface area is 154 Å². The van der Waals surface area contributed by atoms with Gasteiger partial charge in [-0.1, -0.05) is 6.92 Å². The van der Waals surface area contributed by atoms with Gasteiger partial charge in [0, 0.05) is 32.1 Å². The van der Waals surface area contributed by atoms with E-state index in [2.05, 4.69) is 4.90 Å². The first-order valence-corrected chi connectivity index (χ1v) is 9.55. The Morgan fingerprint density at radius 2 is 2.00 bits per heavy atom. The van der Waals surface area contributed by atoms with Crippen LogP contribution < -0.4 is 9.64 Å². The van der Waals surface area contributed by atoms with Gasteiger partial charge in [-0.05, 0) is 44.2 Å². The second kappa shape index (κ2) is 8.38. The van der Waals surface area contributed by atoms with Crippen molar-refractivity contribution in [3.05, 3.63) is 28.3 Å². The summed E-state index contributed by atoms with van der Waals surface area (Å²) in [5.74, 6) is 0.800. The van der Waals surface area contributed by atoms with Gasteiger partial charge in [0.25, 0.3) is 5.69 Å². The van der Waals surface area contributed by atoms with Gasteiger partial charge in [-0.2, -0.15) is 0 Å². The van der Waals surface area contributed by atoms with Crippen molar-refractivity contribution < 1.29 is 14.5 Å². The number of anilines is 1. The lowest BCUT2D eigenvalue weighted by atomic mass is 9.99. The minimum atomic E-state index is -0.339. The van der Waals surface area contributed by atoms with Gasteiger partial charge in [-0.3, -0.25) is 14.9 Å². The van der Waals surface area contributed by atoms with E-state index in [9.17, 15) is 14.9 Å². The summed E-state index contributed by atoms with van der Waals surface area (Å²) in [6.07, 6.45) is 5.31. The molecule has 1 aromatic rings. The standard InChI is InChI=1S/C19H27N3O4/c1-2-13-26-16-6-7-17(18(14-16)22(24)25)20-11-8-15(9-12-20)21-10-4-3-5-19(21)23/h6-7,14-15H,2-5,8-13H2,1H3. The number of piperidine rings is 2. The number of hydrogen-bond acceptors (Lipinski definition) is 5. The van der Waals surface area contributed by atoms with E-state index >= 15 is 0 Å². The van der Waals surface area contributed by atoms with Crippen LogP contribution in [0.3, 0.4) is 0 Å². The monoisotopic (exact) mass is 361 g/mol. The van der Waals surface area contributed by atoms with Crippen LogP contribution in [0.5, 0.6) is 5.75 Å². The number of rotatable bonds is 6. The molecule has 2 saturated heterocycles. The van der Waals surface area contributed by atoms with Crippen molar-refractivity contribution in [1.29, 1.82) is 0 Å². The van der Waals surface area contributed by atoms with E-state index < -0.39 is 0 Å². The Morgan fingerprint density at radius 3 is 2.65 bits per heavy atom. The molecule has 2 heterocycles. The number of likely N-dealkylation sites (tertiary alicyclic amines) is 1. The second-order valence-corrected chi connectivity index (χ2v) is 7.02. The number of benzene rings is 1. The van der Waals surface area contributed by atoms with Crippen LogP contribution in [-0.4, -0.2) is 48.0 Å². The molecular weight excluding hydrogens is 334 g/mol. The zero-order valence-electron chi connectivity index (χ0n) is 15.4. The molecule has 0 N–H and O–H groups in total. The van der Waals surface area contributed by atoms with Crippen LogP contribution in [0.1, 0.15) is 45.4 Å². The van der Waals surface area contributed by atoms with Crippen molar-refractivity contribution in [2.24, 2.45) is 0 Å². The number of ether oxygens (including phenoxy) is 1. The van der Waals surface area contributed by atoms with Crippen molar-refractivity contribution in [3.63, 3.8) is 0 Å². The summed E-state index contributed by atoms with van der Waals surface area (Å²) in [4.78, 5) is 27.4. The third-order valence-electron chi connectivity index (χ3n) is 5.22. The number of carbonyl (C=O) groups excluding carboxylic acids is 1. The highest BCUT2D eigenvalue weighted by Crippen LogP contribution is 2.34. The van der Waals surface area contributed by atoms with E-state index in [0.717, 1.165) is 51.7 Å². The molecule has 3 rings (SSSR count). The molecule has 2 aliphatic heterocycles. The second-order valence-electron chi connectivity index (χ2n) is 7.02. The number of amides is 1. The molecule has 26 heavy (non-hydrogen) atoms. The van der Waals surface area contributed by atoms with Crippen LogP contribution in [-0.2, 0) is 4.79 Å². The molecule has 1 aromatic carbocycles. The average Bonchev–Trinajstić information content (AvgIpc) is 2.67. The van der Waals surface area contributed by atoms with Crippen molar-refractivity contribution in [3.8, 4) is 5.75 Å². The molecule has 0 aromatic heterocycles. The summed E-state index contributed by atoms with van der Waals surface area (Å²) in [7, 11) is 0. The molecule has 0 spiro atoms. The summed E-state index contributed by atoms with van der Waals surface area (Å²) in [6, 6.07) is 5.38.